The molecular weight excluding hydrogens is 167 g/mol. The van der Waals surface area contributed by atoms with Crippen LogP contribution in [0, 0.1) is 5.92 Å². The second-order valence-electron chi connectivity index (χ2n) is 2.64. The Kier molecular flexibility index (Phi) is 2.45. The number of allylic oxidation sites excluding steroid dienone is 4. The van der Waals surface area contributed by atoms with Crippen molar-refractivity contribution in [3.8, 4) is 0 Å². The van der Waals surface area contributed by atoms with Gasteiger partial charge in [-0.2, -0.15) is 0 Å². The molecule has 0 aromatic carbocycles. The summed E-state index contributed by atoms with van der Waals surface area (Å²) in [6.07, 6.45) is 2.39. The van der Waals surface area contributed by atoms with E-state index in [1.807, 2.05) is 0 Å². The van der Waals surface area contributed by atoms with Crippen molar-refractivity contribution in [1.29, 1.82) is 0 Å². The Labute approximate surface area is 69.5 Å². The van der Waals surface area contributed by atoms with Crippen molar-refractivity contribution in [2.24, 2.45) is 5.92 Å². The maximum absolute atomic E-state index is 12.8. The highest BCUT2D eigenvalue weighted by atomic mass is 35.5. The molecule has 1 aliphatic carbocycles. The van der Waals surface area contributed by atoms with E-state index in [9.17, 15) is 9.18 Å². The van der Waals surface area contributed by atoms with Gasteiger partial charge in [-0.3, -0.25) is 4.79 Å². The monoisotopic (exact) mass is 174 g/mol. The molecule has 0 spiro atoms. The molecule has 0 bridgehead atoms. The zero-order valence-electron chi connectivity index (χ0n) is 6.10. The molecule has 1 nitrogen and oxygen atoms in total. The molecule has 0 aromatic heterocycles. The number of aldehydes is 1. The number of carbonyl (C=O) groups is 1. The first-order valence-corrected chi connectivity index (χ1v) is 3.74. The van der Waals surface area contributed by atoms with Gasteiger partial charge in [-0.1, -0.05) is 18.5 Å². The van der Waals surface area contributed by atoms with Crippen molar-refractivity contribution >= 4 is 17.9 Å². The average Bonchev–Trinajstić information content (AvgIpc) is 1.99. The largest absolute Gasteiger partial charge is 0.298 e. The maximum atomic E-state index is 12.8. The van der Waals surface area contributed by atoms with E-state index in [1.165, 1.54) is 6.08 Å². The lowest BCUT2D eigenvalue weighted by atomic mass is 9.96. The van der Waals surface area contributed by atoms with Crippen LogP contribution in [0.25, 0.3) is 0 Å². The first-order chi connectivity index (χ1) is 5.15. The smallest absolute Gasteiger partial charge is 0.146 e. The van der Waals surface area contributed by atoms with Crippen molar-refractivity contribution in [3.63, 3.8) is 0 Å². The molecule has 0 radical (unpaired) electrons. The van der Waals surface area contributed by atoms with Crippen LogP contribution in [0.3, 0.4) is 0 Å². The highest BCUT2D eigenvalue weighted by molar-refractivity contribution is 6.30. The van der Waals surface area contributed by atoms with Gasteiger partial charge in [-0.05, 0) is 24.0 Å². The van der Waals surface area contributed by atoms with Gasteiger partial charge < -0.3 is 0 Å². The Morgan fingerprint density at radius 3 is 2.91 bits per heavy atom. The SMILES string of the molecule is CC1CC(C=O)=CC(F)=C1Cl. The molecule has 1 aliphatic rings. The molecule has 0 saturated carbocycles. The van der Waals surface area contributed by atoms with Gasteiger partial charge in [0.1, 0.15) is 12.1 Å². The normalized spacial score (nSPS) is 25.0. The first-order valence-electron chi connectivity index (χ1n) is 3.36. The van der Waals surface area contributed by atoms with Crippen LogP contribution in [0.15, 0.2) is 22.5 Å². The molecule has 0 saturated heterocycles. The van der Waals surface area contributed by atoms with E-state index in [0.717, 1.165) is 0 Å². The fraction of sp³-hybridized carbons (Fsp3) is 0.375. The van der Waals surface area contributed by atoms with Crippen LogP contribution in [-0.2, 0) is 4.79 Å². The molecule has 3 heteroatoms. The summed E-state index contributed by atoms with van der Waals surface area (Å²) < 4.78 is 12.8. The number of hydrogen-bond acceptors (Lipinski definition) is 1. The highest BCUT2D eigenvalue weighted by Gasteiger charge is 2.18. The number of hydrogen-bond donors (Lipinski definition) is 0. The molecule has 60 valence electrons. The van der Waals surface area contributed by atoms with E-state index in [4.69, 9.17) is 11.6 Å². The summed E-state index contributed by atoms with van der Waals surface area (Å²) in [4.78, 5) is 10.3. The van der Waals surface area contributed by atoms with Crippen LogP contribution >= 0.6 is 11.6 Å². The maximum Gasteiger partial charge on any atom is 0.146 e. The molecule has 0 fully saturated rings. The van der Waals surface area contributed by atoms with Gasteiger partial charge in [-0.15, -0.1) is 0 Å². The number of carbonyl (C=O) groups excluding carboxylic acids is 1. The standard InChI is InChI=1S/C8H8ClFO/c1-5-2-6(4-11)3-7(10)8(5)9/h3-5H,2H2,1H3. The molecular formula is C8H8ClFO. The fourth-order valence-electron chi connectivity index (χ4n) is 1.05. The summed E-state index contributed by atoms with van der Waals surface area (Å²) in [5, 5.41) is 0.218. The van der Waals surface area contributed by atoms with Crippen molar-refractivity contribution in [2.75, 3.05) is 0 Å². The zero-order valence-corrected chi connectivity index (χ0v) is 6.86. The van der Waals surface area contributed by atoms with E-state index < -0.39 is 5.83 Å². The molecule has 0 heterocycles. The molecule has 0 aliphatic heterocycles. The molecule has 1 atom stereocenters. The van der Waals surface area contributed by atoms with E-state index >= 15 is 0 Å². The quantitative estimate of drug-likeness (QED) is 0.559. The third-order valence-electron chi connectivity index (χ3n) is 1.67. The Morgan fingerprint density at radius 1 is 1.82 bits per heavy atom. The lowest BCUT2D eigenvalue weighted by Crippen LogP contribution is -2.04. The summed E-state index contributed by atoms with van der Waals surface area (Å²) in [7, 11) is 0. The van der Waals surface area contributed by atoms with Crippen LogP contribution in [-0.4, -0.2) is 6.29 Å². The topological polar surface area (TPSA) is 17.1 Å². The van der Waals surface area contributed by atoms with Crippen LogP contribution in [0.1, 0.15) is 13.3 Å². The third-order valence-corrected chi connectivity index (χ3v) is 2.22. The van der Waals surface area contributed by atoms with E-state index in [1.54, 1.807) is 6.92 Å². The van der Waals surface area contributed by atoms with Gasteiger partial charge >= 0.3 is 0 Å². The molecule has 0 aromatic rings. The predicted molar refractivity (Wildman–Crippen MR) is 41.9 cm³/mol. The van der Waals surface area contributed by atoms with Gasteiger partial charge in [0.25, 0.3) is 0 Å². The van der Waals surface area contributed by atoms with Crippen LogP contribution in [0.4, 0.5) is 4.39 Å². The van der Waals surface area contributed by atoms with Gasteiger partial charge in [-0.25, -0.2) is 4.39 Å². The molecule has 1 rings (SSSR count). The van der Waals surface area contributed by atoms with Crippen molar-refractivity contribution in [2.45, 2.75) is 13.3 Å². The Hall–Kier alpha value is -0.630. The summed E-state index contributed by atoms with van der Waals surface area (Å²) >= 11 is 5.58. The summed E-state index contributed by atoms with van der Waals surface area (Å²) in [6, 6.07) is 0. The Bertz CT molecular complexity index is 242. The van der Waals surface area contributed by atoms with Gasteiger partial charge in [0.15, 0.2) is 0 Å². The zero-order chi connectivity index (χ0) is 8.43. The minimum atomic E-state index is -0.479. The minimum absolute atomic E-state index is 0.0677. The van der Waals surface area contributed by atoms with Crippen molar-refractivity contribution in [1.82, 2.24) is 0 Å². The van der Waals surface area contributed by atoms with Crippen molar-refractivity contribution in [3.05, 3.63) is 22.5 Å². The van der Waals surface area contributed by atoms with Gasteiger partial charge in [0.2, 0.25) is 0 Å². The lowest BCUT2D eigenvalue weighted by Gasteiger charge is -2.14. The van der Waals surface area contributed by atoms with E-state index in [2.05, 4.69) is 0 Å². The molecule has 0 amide bonds. The first kappa shape index (κ1) is 8.47. The fourth-order valence-corrected chi connectivity index (χ4v) is 1.18. The van der Waals surface area contributed by atoms with Crippen molar-refractivity contribution < 1.29 is 9.18 Å². The molecule has 11 heavy (non-hydrogen) atoms. The number of rotatable bonds is 1. The third kappa shape index (κ3) is 1.69. The lowest BCUT2D eigenvalue weighted by molar-refractivity contribution is -0.105. The van der Waals surface area contributed by atoms with Gasteiger partial charge in [0.05, 0.1) is 5.03 Å². The molecule has 1 unspecified atom stereocenters. The summed E-state index contributed by atoms with van der Waals surface area (Å²) in [6.45, 7) is 1.79. The van der Waals surface area contributed by atoms with Gasteiger partial charge in [0, 0.05) is 0 Å². The highest BCUT2D eigenvalue weighted by Crippen LogP contribution is 2.31. The molecule has 0 N–H and O–H groups in total. The average molecular weight is 175 g/mol. The predicted octanol–water partition coefficient (Wildman–Crippen LogP) is 2.57. The van der Waals surface area contributed by atoms with Crippen LogP contribution in [0.2, 0.25) is 0 Å². The van der Waals surface area contributed by atoms with Crippen LogP contribution in [0.5, 0.6) is 0 Å². The second kappa shape index (κ2) is 3.18. The second-order valence-corrected chi connectivity index (χ2v) is 3.05. The Balaban J connectivity index is 2.95. The van der Waals surface area contributed by atoms with Crippen LogP contribution < -0.4 is 0 Å². The number of halogens is 2. The summed E-state index contributed by atoms with van der Waals surface area (Å²) in [5.41, 5.74) is 0.472. The summed E-state index contributed by atoms with van der Waals surface area (Å²) in [5.74, 6) is -0.547. The Morgan fingerprint density at radius 2 is 2.45 bits per heavy atom. The van der Waals surface area contributed by atoms with E-state index in [-0.39, 0.29) is 11.0 Å². The minimum Gasteiger partial charge on any atom is -0.298 e. The van der Waals surface area contributed by atoms with E-state index in [0.29, 0.717) is 18.3 Å².